The summed E-state index contributed by atoms with van der Waals surface area (Å²) in [6, 6.07) is 9.19. The summed E-state index contributed by atoms with van der Waals surface area (Å²) in [4.78, 5) is 0. The van der Waals surface area contributed by atoms with Crippen LogP contribution in [0.2, 0.25) is 10.0 Å². The van der Waals surface area contributed by atoms with Crippen molar-refractivity contribution in [2.75, 3.05) is 33.0 Å². The van der Waals surface area contributed by atoms with Crippen LogP contribution >= 0.6 is 39.1 Å². The van der Waals surface area contributed by atoms with Gasteiger partial charge in [0, 0.05) is 33.2 Å². The van der Waals surface area contributed by atoms with Gasteiger partial charge in [0.2, 0.25) is 0 Å². The molecule has 0 aromatic heterocycles. The molecule has 28 heavy (non-hydrogen) atoms. The lowest BCUT2D eigenvalue weighted by Crippen LogP contribution is -2.20. The third-order valence-corrected chi connectivity index (χ3v) is 5.27. The van der Waals surface area contributed by atoms with Crippen LogP contribution in [0.25, 0.3) is 0 Å². The van der Waals surface area contributed by atoms with Crippen LogP contribution in [-0.2, 0) is 17.9 Å². The van der Waals surface area contributed by atoms with Gasteiger partial charge in [0.25, 0.3) is 0 Å². The highest BCUT2D eigenvalue weighted by Crippen LogP contribution is 2.35. The minimum atomic E-state index is 0.0319. The van der Waals surface area contributed by atoms with Gasteiger partial charge in [-0.25, -0.2) is 0 Å². The van der Waals surface area contributed by atoms with Gasteiger partial charge in [-0.2, -0.15) is 0 Å². The summed E-state index contributed by atoms with van der Waals surface area (Å²) < 4.78 is 17.8. The molecule has 0 atom stereocenters. The highest BCUT2D eigenvalue weighted by molar-refractivity contribution is 9.10. The van der Waals surface area contributed by atoms with E-state index in [-0.39, 0.29) is 13.2 Å². The Morgan fingerprint density at radius 3 is 2.46 bits per heavy atom. The zero-order valence-electron chi connectivity index (χ0n) is 15.6. The summed E-state index contributed by atoms with van der Waals surface area (Å²) in [5.74, 6) is 1.27. The van der Waals surface area contributed by atoms with E-state index < -0.39 is 0 Å². The summed E-state index contributed by atoms with van der Waals surface area (Å²) in [6.45, 7) is 4.92. The summed E-state index contributed by atoms with van der Waals surface area (Å²) >= 11 is 16.0. The Morgan fingerprint density at radius 2 is 1.79 bits per heavy atom. The Morgan fingerprint density at radius 1 is 1.07 bits per heavy atom. The monoisotopic (exact) mass is 491 g/mol. The number of benzene rings is 2. The zero-order valence-corrected chi connectivity index (χ0v) is 18.7. The molecule has 8 heteroatoms. The average molecular weight is 493 g/mol. The number of aliphatic hydroxyl groups is 1. The molecule has 0 bridgehead atoms. The van der Waals surface area contributed by atoms with E-state index in [1.54, 1.807) is 18.2 Å². The van der Waals surface area contributed by atoms with Gasteiger partial charge in [0.15, 0.2) is 11.5 Å². The van der Waals surface area contributed by atoms with Gasteiger partial charge in [-0.3, -0.25) is 0 Å². The third-order valence-electron chi connectivity index (χ3n) is 3.82. The van der Waals surface area contributed by atoms with Crippen LogP contribution in [0.3, 0.4) is 0 Å². The molecule has 2 aromatic rings. The summed E-state index contributed by atoms with van der Waals surface area (Å²) in [5, 5.41) is 13.1. The van der Waals surface area contributed by atoms with E-state index >= 15 is 0 Å². The van der Waals surface area contributed by atoms with Gasteiger partial charge in [-0.15, -0.1) is 0 Å². The van der Waals surface area contributed by atoms with Crippen molar-refractivity contribution >= 4 is 39.1 Å². The van der Waals surface area contributed by atoms with Gasteiger partial charge in [0.05, 0.1) is 26.4 Å². The largest absolute Gasteiger partial charge is 0.490 e. The van der Waals surface area contributed by atoms with Crippen molar-refractivity contribution in [3.8, 4) is 11.5 Å². The molecule has 0 aliphatic rings. The second kappa shape index (κ2) is 12.5. The van der Waals surface area contributed by atoms with Crippen molar-refractivity contribution in [1.29, 1.82) is 0 Å². The molecule has 2 rings (SSSR count). The number of rotatable bonds is 12. The highest BCUT2D eigenvalue weighted by atomic mass is 79.9. The topological polar surface area (TPSA) is 60.0 Å². The smallest absolute Gasteiger partial charge is 0.162 e. The fourth-order valence-electron chi connectivity index (χ4n) is 2.45. The highest BCUT2D eigenvalue weighted by Gasteiger charge is 2.13. The first kappa shape index (κ1) is 23.3. The van der Waals surface area contributed by atoms with Crippen LogP contribution in [0.5, 0.6) is 11.5 Å². The predicted molar refractivity (Wildman–Crippen MR) is 116 cm³/mol. The second-order valence-corrected chi connectivity index (χ2v) is 7.49. The first-order valence-electron chi connectivity index (χ1n) is 8.97. The van der Waals surface area contributed by atoms with Gasteiger partial charge in [-0.05, 0) is 36.8 Å². The summed E-state index contributed by atoms with van der Waals surface area (Å²) in [5.41, 5.74) is 1.77. The van der Waals surface area contributed by atoms with E-state index in [1.807, 2.05) is 19.1 Å². The second-order valence-electron chi connectivity index (χ2n) is 5.83. The third kappa shape index (κ3) is 7.10. The number of ether oxygens (including phenoxy) is 3. The standard InChI is InChI=1S/C20H24BrCl2NO4/c1-2-27-19-10-14(12-24-6-8-26-9-7-25)16(21)11-20(19)28-13-15-17(22)4-3-5-18(15)23/h3-5,10-11,24-25H,2,6-9,12-13H2,1H3. The zero-order chi connectivity index (χ0) is 20.4. The molecule has 0 aliphatic carbocycles. The Kier molecular flexibility index (Phi) is 10.4. The van der Waals surface area contributed by atoms with Crippen LogP contribution < -0.4 is 14.8 Å². The Balaban J connectivity index is 2.05. The molecule has 0 heterocycles. The minimum Gasteiger partial charge on any atom is -0.490 e. The summed E-state index contributed by atoms with van der Waals surface area (Å²) in [6.07, 6.45) is 0. The van der Waals surface area contributed by atoms with Crippen molar-refractivity contribution < 1.29 is 19.3 Å². The fraction of sp³-hybridized carbons (Fsp3) is 0.400. The maximum Gasteiger partial charge on any atom is 0.162 e. The molecule has 2 N–H and O–H groups in total. The maximum absolute atomic E-state index is 8.70. The minimum absolute atomic E-state index is 0.0319. The van der Waals surface area contributed by atoms with Crippen molar-refractivity contribution in [3.63, 3.8) is 0 Å². The number of aliphatic hydroxyl groups excluding tert-OH is 1. The lowest BCUT2D eigenvalue weighted by molar-refractivity contribution is 0.0938. The van der Waals surface area contributed by atoms with E-state index in [2.05, 4.69) is 21.2 Å². The molecular weight excluding hydrogens is 469 g/mol. The molecule has 2 aromatic carbocycles. The number of hydrogen-bond donors (Lipinski definition) is 2. The molecular formula is C20H24BrCl2NO4. The normalized spacial score (nSPS) is 10.9. The van der Waals surface area contributed by atoms with E-state index in [9.17, 15) is 0 Å². The van der Waals surface area contributed by atoms with Crippen molar-refractivity contribution in [2.45, 2.75) is 20.1 Å². The van der Waals surface area contributed by atoms with E-state index in [0.717, 1.165) is 15.6 Å². The van der Waals surface area contributed by atoms with Crippen LogP contribution in [0, 0.1) is 0 Å². The molecule has 0 aliphatic heterocycles. The first-order chi connectivity index (χ1) is 13.6. The molecule has 0 unspecified atom stereocenters. The van der Waals surface area contributed by atoms with E-state index in [4.69, 9.17) is 42.5 Å². The summed E-state index contributed by atoms with van der Waals surface area (Å²) in [7, 11) is 0. The van der Waals surface area contributed by atoms with Crippen molar-refractivity contribution in [3.05, 3.63) is 56.0 Å². The van der Waals surface area contributed by atoms with Gasteiger partial charge < -0.3 is 24.6 Å². The average Bonchev–Trinajstić information content (AvgIpc) is 2.67. The van der Waals surface area contributed by atoms with Crippen LogP contribution in [-0.4, -0.2) is 38.1 Å². The van der Waals surface area contributed by atoms with Gasteiger partial charge in [-0.1, -0.05) is 45.2 Å². The molecule has 0 fully saturated rings. The van der Waals surface area contributed by atoms with Gasteiger partial charge in [0.1, 0.15) is 6.61 Å². The molecule has 0 amide bonds. The quantitative estimate of drug-likeness (QED) is 0.415. The Hall–Kier alpha value is -1.02. The molecule has 0 spiro atoms. The van der Waals surface area contributed by atoms with Crippen LogP contribution in [0.15, 0.2) is 34.8 Å². The Labute approximate surface area is 184 Å². The van der Waals surface area contributed by atoms with E-state index in [1.165, 1.54) is 0 Å². The van der Waals surface area contributed by atoms with Crippen LogP contribution in [0.1, 0.15) is 18.1 Å². The number of halogens is 3. The number of nitrogens with one attached hydrogen (secondary N) is 1. The lowest BCUT2D eigenvalue weighted by Gasteiger charge is -2.16. The van der Waals surface area contributed by atoms with Crippen molar-refractivity contribution in [2.24, 2.45) is 0 Å². The molecule has 154 valence electrons. The maximum atomic E-state index is 8.70. The van der Waals surface area contributed by atoms with Crippen LogP contribution in [0.4, 0.5) is 0 Å². The molecule has 0 saturated carbocycles. The molecule has 0 saturated heterocycles. The number of hydrogen-bond acceptors (Lipinski definition) is 5. The molecule has 0 radical (unpaired) electrons. The predicted octanol–water partition coefficient (Wildman–Crippen LogP) is 4.83. The SMILES string of the molecule is CCOc1cc(CNCCOCCO)c(Br)cc1OCc1c(Cl)cccc1Cl. The van der Waals surface area contributed by atoms with Crippen molar-refractivity contribution in [1.82, 2.24) is 5.32 Å². The lowest BCUT2D eigenvalue weighted by atomic mass is 10.2. The molecule has 5 nitrogen and oxygen atoms in total. The Bertz CT molecular complexity index is 741. The first-order valence-corrected chi connectivity index (χ1v) is 10.5. The fourth-order valence-corrected chi connectivity index (χ4v) is 3.42. The van der Waals surface area contributed by atoms with E-state index in [0.29, 0.717) is 54.5 Å². The van der Waals surface area contributed by atoms with Gasteiger partial charge >= 0.3 is 0 Å².